The Morgan fingerprint density at radius 3 is 2.89 bits per heavy atom. The van der Waals surface area contributed by atoms with Gasteiger partial charge in [-0.25, -0.2) is 4.68 Å². The van der Waals surface area contributed by atoms with Crippen LogP contribution in [-0.2, 0) is 11.3 Å². The number of nitrogens with one attached hydrogen (secondary N) is 1. The first kappa shape index (κ1) is 12.1. The van der Waals surface area contributed by atoms with Gasteiger partial charge in [-0.1, -0.05) is 24.3 Å². The van der Waals surface area contributed by atoms with Crippen molar-refractivity contribution in [3.63, 3.8) is 0 Å². The standard InChI is InChI=1S/C14H15N3O/c1-2-6-14(18)15-9-12-10-16-17(11-12)13-7-4-3-5-8-13/h2-8,10-11H,9H2,1H3,(H,15,18). The largest absolute Gasteiger partial charge is 0.348 e. The van der Waals surface area contributed by atoms with E-state index in [0.717, 1.165) is 11.3 Å². The lowest BCUT2D eigenvalue weighted by molar-refractivity contribution is -0.116. The van der Waals surface area contributed by atoms with Crippen molar-refractivity contribution in [2.45, 2.75) is 13.5 Å². The van der Waals surface area contributed by atoms with Gasteiger partial charge in [0.1, 0.15) is 0 Å². The Labute approximate surface area is 106 Å². The summed E-state index contributed by atoms with van der Waals surface area (Å²) in [7, 11) is 0. The van der Waals surface area contributed by atoms with Crippen LogP contribution in [0.3, 0.4) is 0 Å². The van der Waals surface area contributed by atoms with Crippen molar-refractivity contribution in [1.29, 1.82) is 0 Å². The van der Waals surface area contributed by atoms with Crippen LogP contribution in [0.5, 0.6) is 0 Å². The number of allylic oxidation sites excluding steroid dienone is 1. The highest BCUT2D eigenvalue weighted by Crippen LogP contribution is 2.07. The van der Waals surface area contributed by atoms with E-state index in [1.54, 1.807) is 17.0 Å². The second-order valence-electron chi connectivity index (χ2n) is 3.85. The number of nitrogens with zero attached hydrogens (tertiary/aromatic N) is 2. The van der Waals surface area contributed by atoms with Crippen LogP contribution in [0.15, 0.2) is 54.9 Å². The third-order valence-corrected chi connectivity index (χ3v) is 2.44. The molecule has 0 bridgehead atoms. The number of carbonyl (C=O) groups excluding carboxylic acids is 1. The quantitative estimate of drug-likeness (QED) is 0.833. The van der Waals surface area contributed by atoms with E-state index in [9.17, 15) is 4.79 Å². The first-order valence-corrected chi connectivity index (χ1v) is 5.79. The molecule has 2 rings (SSSR count). The van der Waals surface area contributed by atoms with Gasteiger partial charge in [0, 0.05) is 18.3 Å². The first-order chi connectivity index (χ1) is 8.79. The molecule has 1 aromatic heterocycles. The monoisotopic (exact) mass is 241 g/mol. The number of benzene rings is 1. The molecule has 0 atom stereocenters. The van der Waals surface area contributed by atoms with Gasteiger partial charge < -0.3 is 5.32 Å². The van der Waals surface area contributed by atoms with E-state index in [-0.39, 0.29) is 5.91 Å². The molecule has 0 aliphatic heterocycles. The van der Waals surface area contributed by atoms with Crippen LogP contribution >= 0.6 is 0 Å². The zero-order valence-electron chi connectivity index (χ0n) is 10.2. The van der Waals surface area contributed by atoms with Crippen LogP contribution < -0.4 is 5.32 Å². The summed E-state index contributed by atoms with van der Waals surface area (Å²) >= 11 is 0. The van der Waals surface area contributed by atoms with Crippen LogP contribution in [0.1, 0.15) is 12.5 Å². The molecule has 4 nitrogen and oxygen atoms in total. The maximum absolute atomic E-state index is 11.3. The zero-order valence-corrected chi connectivity index (χ0v) is 10.2. The zero-order chi connectivity index (χ0) is 12.8. The summed E-state index contributed by atoms with van der Waals surface area (Å²) in [4.78, 5) is 11.3. The lowest BCUT2D eigenvalue weighted by Crippen LogP contribution is -2.19. The normalized spacial score (nSPS) is 10.7. The van der Waals surface area contributed by atoms with E-state index >= 15 is 0 Å². The smallest absolute Gasteiger partial charge is 0.243 e. The van der Waals surface area contributed by atoms with Crippen LogP contribution in [0.4, 0.5) is 0 Å². The Kier molecular flexibility index (Phi) is 3.91. The van der Waals surface area contributed by atoms with Crippen molar-refractivity contribution in [2.75, 3.05) is 0 Å². The fourth-order valence-corrected chi connectivity index (χ4v) is 1.57. The maximum atomic E-state index is 11.3. The van der Waals surface area contributed by atoms with E-state index in [1.807, 2.05) is 43.5 Å². The summed E-state index contributed by atoms with van der Waals surface area (Å²) in [6.07, 6.45) is 6.87. The lowest BCUT2D eigenvalue weighted by Gasteiger charge is -2.00. The second-order valence-corrected chi connectivity index (χ2v) is 3.85. The topological polar surface area (TPSA) is 46.9 Å². The highest BCUT2D eigenvalue weighted by Gasteiger charge is 2.01. The summed E-state index contributed by atoms with van der Waals surface area (Å²) in [5, 5.41) is 7.04. The van der Waals surface area contributed by atoms with Gasteiger partial charge in [-0.05, 0) is 25.1 Å². The van der Waals surface area contributed by atoms with E-state index in [0.29, 0.717) is 6.54 Å². The maximum Gasteiger partial charge on any atom is 0.243 e. The minimum atomic E-state index is -0.0926. The number of carbonyl (C=O) groups is 1. The van der Waals surface area contributed by atoms with Gasteiger partial charge >= 0.3 is 0 Å². The molecule has 0 spiro atoms. The van der Waals surface area contributed by atoms with Gasteiger partial charge in [0.2, 0.25) is 5.91 Å². The molecule has 0 unspecified atom stereocenters. The van der Waals surface area contributed by atoms with Crippen molar-refractivity contribution >= 4 is 5.91 Å². The van der Waals surface area contributed by atoms with Crippen LogP contribution in [0, 0.1) is 0 Å². The summed E-state index contributed by atoms with van der Waals surface area (Å²) in [6.45, 7) is 2.29. The van der Waals surface area contributed by atoms with Gasteiger partial charge in [0.25, 0.3) is 0 Å². The third-order valence-electron chi connectivity index (χ3n) is 2.44. The van der Waals surface area contributed by atoms with Crippen LogP contribution in [-0.4, -0.2) is 15.7 Å². The number of rotatable bonds is 4. The Balaban J connectivity index is 2.01. The van der Waals surface area contributed by atoms with Gasteiger partial charge in [0.15, 0.2) is 0 Å². The molecule has 92 valence electrons. The molecule has 1 heterocycles. The van der Waals surface area contributed by atoms with Gasteiger partial charge in [-0.3, -0.25) is 4.79 Å². The highest BCUT2D eigenvalue weighted by atomic mass is 16.1. The molecule has 1 amide bonds. The molecule has 2 aromatic rings. The van der Waals surface area contributed by atoms with E-state index in [1.165, 1.54) is 6.08 Å². The second kappa shape index (κ2) is 5.82. The molecule has 0 saturated heterocycles. The van der Waals surface area contributed by atoms with Crippen molar-refractivity contribution in [1.82, 2.24) is 15.1 Å². The molecular weight excluding hydrogens is 226 g/mol. The Hall–Kier alpha value is -2.36. The predicted octanol–water partition coefficient (Wildman–Crippen LogP) is 2.06. The SMILES string of the molecule is CC=CC(=O)NCc1cnn(-c2ccccc2)c1. The number of hydrogen-bond donors (Lipinski definition) is 1. The molecule has 18 heavy (non-hydrogen) atoms. The average molecular weight is 241 g/mol. The van der Waals surface area contributed by atoms with Crippen molar-refractivity contribution < 1.29 is 4.79 Å². The Morgan fingerprint density at radius 2 is 2.17 bits per heavy atom. The minimum absolute atomic E-state index is 0.0926. The summed E-state index contributed by atoms with van der Waals surface area (Å²) in [6, 6.07) is 9.85. The summed E-state index contributed by atoms with van der Waals surface area (Å²) < 4.78 is 1.79. The van der Waals surface area contributed by atoms with Crippen molar-refractivity contribution in [2.24, 2.45) is 0 Å². The fraction of sp³-hybridized carbons (Fsp3) is 0.143. The summed E-state index contributed by atoms with van der Waals surface area (Å²) in [5.41, 5.74) is 1.97. The molecule has 0 fully saturated rings. The number of aromatic nitrogens is 2. The molecular formula is C14H15N3O. The van der Waals surface area contributed by atoms with E-state index in [4.69, 9.17) is 0 Å². The van der Waals surface area contributed by atoms with Gasteiger partial charge in [-0.15, -0.1) is 0 Å². The van der Waals surface area contributed by atoms with E-state index in [2.05, 4.69) is 10.4 Å². The van der Waals surface area contributed by atoms with E-state index < -0.39 is 0 Å². The molecule has 4 heteroatoms. The molecule has 0 aliphatic rings. The predicted molar refractivity (Wildman–Crippen MR) is 70.2 cm³/mol. The van der Waals surface area contributed by atoms with Gasteiger partial charge in [-0.2, -0.15) is 5.10 Å². The number of para-hydroxylation sites is 1. The average Bonchev–Trinajstić information content (AvgIpc) is 2.87. The molecule has 0 radical (unpaired) electrons. The van der Waals surface area contributed by atoms with Crippen LogP contribution in [0.2, 0.25) is 0 Å². The first-order valence-electron chi connectivity index (χ1n) is 5.79. The fourth-order valence-electron chi connectivity index (χ4n) is 1.57. The number of hydrogen-bond acceptors (Lipinski definition) is 2. The molecule has 0 saturated carbocycles. The summed E-state index contributed by atoms with van der Waals surface area (Å²) in [5.74, 6) is -0.0926. The number of amides is 1. The third kappa shape index (κ3) is 3.07. The van der Waals surface area contributed by atoms with Crippen molar-refractivity contribution in [3.8, 4) is 5.69 Å². The highest BCUT2D eigenvalue weighted by molar-refractivity contribution is 5.87. The van der Waals surface area contributed by atoms with Gasteiger partial charge in [0.05, 0.1) is 11.9 Å². The lowest BCUT2D eigenvalue weighted by atomic mass is 10.3. The Morgan fingerprint density at radius 1 is 1.39 bits per heavy atom. The Bertz CT molecular complexity index is 543. The minimum Gasteiger partial charge on any atom is -0.348 e. The molecule has 0 aliphatic carbocycles. The van der Waals surface area contributed by atoms with Crippen molar-refractivity contribution in [3.05, 3.63) is 60.4 Å². The molecule has 1 N–H and O–H groups in total. The molecule has 1 aromatic carbocycles. The van der Waals surface area contributed by atoms with Crippen LogP contribution in [0.25, 0.3) is 5.69 Å².